The summed E-state index contributed by atoms with van der Waals surface area (Å²) in [6.07, 6.45) is 1.56. The van der Waals surface area contributed by atoms with Crippen LogP contribution in [0.25, 0.3) is 0 Å². The molecular formula is C15H31N3O3. The van der Waals surface area contributed by atoms with Crippen LogP contribution in [0.5, 0.6) is 0 Å². The first-order chi connectivity index (χ1) is 9.96. The Kier molecular flexibility index (Phi) is 10.7. The van der Waals surface area contributed by atoms with Gasteiger partial charge in [0.05, 0.1) is 0 Å². The minimum Gasteiger partial charge on any atom is -0.481 e. The van der Waals surface area contributed by atoms with Gasteiger partial charge in [0.2, 0.25) is 0 Å². The van der Waals surface area contributed by atoms with Crippen LogP contribution in [-0.4, -0.2) is 78.1 Å². The molecule has 0 saturated heterocycles. The normalized spacial score (nSPS) is 10.7. The minimum atomic E-state index is -0.817. The van der Waals surface area contributed by atoms with E-state index in [1.54, 1.807) is 11.9 Å². The van der Waals surface area contributed by atoms with Crippen molar-refractivity contribution in [3.05, 3.63) is 0 Å². The predicted molar refractivity (Wildman–Crippen MR) is 84.5 cm³/mol. The van der Waals surface area contributed by atoms with Crippen molar-refractivity contribution in [3.8, 4) is 0 Å². The second-order valence-corrected chi connectivity index (χ2v) is 5.16. The van der Waals surface area contributed by atoms with E-state index in [9.17, 15) is 9.59 Å². The molecule has 0 aliphatic rings. The van der Waals surface area contributed by atoms with Crippen LogP contribution in [-0.2, 0) is 4.79 Å². The number of carboxylic acids is 1. The molecule has 0 unspecified atom stereocenters. The monoisotopic (exact) mass is 301 g/mol. The van der Waals surface area contributed by atoms with Crippen LogP contribution in [0.1, 0.15) is 40.0 Å². The van der Waals surface area contributed by atoms with Crippen molar-refractivity contribution >= 4 is 12.0 Å². The zero-order valence-corrected chi connectivity index (χ0v) is 14.0. The summed E-state index contributed by atoms with van der Waals surface area (Å²) in [6, 6.07) is -0.0116. The van der Waals surface area contributed by atoms with E-state index in [0.717, 1.165) is 32.6 Å². The SMILES string of the molecule is CCN(CC)CCCN(CC)C(=O)N(C)CCCC(=O)O. The number of nitrogens with zero attached hydrogens (tertiary/aromatic N) is 3. The number of aliphatic carboxylic acids is 1. The fourth-order valence-corrected chi connectivity index (χ4v) is 2.22. The standard InChI is InChI=1S/C15H31N3O3/c1-5-17(6-2)12-9-13-18(7-3)15(21)16(4)11-8-10-14(19)20/h5-13H2,1-4H3,(H,19,20). The highest BCUT2D eigenvalue weighted by Gasteiger charge is 2.16. The molecule has 2 amide bonds. The molecule has 0 bridgehead atoms. The number of amides is 2. The maximum atomic E-state index is 12.3. The molecule has 0 spiro atoms. The Bertz CT molecular complexity index is 307. The summed E-state index contributed by atoms with van der Waals surface area (Å²) in [4.78, 5) is 28.5. The van der Waals surface area contributed by atoms with Crippen LogP contribution in [0.3, 0.4) is 0 Å². The molecule has 0 radical (unpaired) electrons. The highest BCUT2D eigenvalue weighted by atomic mass is 16.4. The lowest BCUT2D eigenvalue weighted by atomic mass is 10.3. The van der Waals surface area contributed by atoms with E-state index >= 15 is 0 Å². The molecule has 124 valence electrons. The highest BCUT2D eigenvalue weighted by Crippen LogP contribution is 2.02. The number of urea groups is 1. The first-order valence-corrected chi connectivity index (χ1v) is 7.90. The van der Waals surface area contributed by atoms with Crippen molar-refractivity contribution in [2.75, 3.05) is 46.3 Å². The topological polar surface area (TPSA) is 64.1 Å². The second kappa shape index (κ2) is 11.4. The van der Waals surface area contributed by atoms with Crippen molar-refractivity contribution in [1.82, 2.24) is 14.7 Å². The molecular weight excluding hydrogens is 270 g/mol. The van der Waals surface area contributed by atoms with Crippen LogP contribution in [0, 0.1) is 0 Å². The molecule has 21 heavy (non-hydrogen) atoms. The van der Waals surface area contributed by atoms with Gasteiger partial charge in [-0.3, -0.25) is 4.79 Å². The van der Waals surface area contributed by atoms with Gasteiger partial charge in [-0.1, -0.05) is 13.8 Å². The Morgan fingerprint density at radius 3 is 2.00 bits per heavy atom. The van der Waals surface area contributed by atoms with Crippen LogP contribution >= 0.6 is 0 Å². The predicted octanol–water partition coefficient (Wildman–Crippen LogP) is 1.96. The van der Waals surface area contributed by atoms with Crippen LogP contribution in [0.15, 0.2) is 0 Å². The molecule has 0 saturated carbocycles. The molecule has 0 atom stereocenters. The van der Waals surface area contributed by atoms with Crippen LogP contribution in [0.4, 0.5) is 4.79 Å². The van der Waals surface area contributed by atoms with Gasteiger partial charge in [-0.15, -0.1) is 0 Å². The van der Waals surface area contributed by atoms with Crippen LogP contribution in [0.2, 0.25) is 0 Å². The van der Waals surface area contributed by atoms with Crippen molar-refractivity contribution in [3.63, 3.8) is 0 Å². The maximum absolute atomic E-state index is 12.3. The summed E-state index contributed by atoms with van der Waals surface area (Å²) in [5.41, 5.74) is 0. The summed E-state index contributed by atoms with van der Waals surface area (Å²) >= 11 is 0. The van der Waals surface area contributed by atoms with E-state index in [0.29, 0.717) is 19.5 Å². The fraction of sp³-hybridized carbons (Fsp3) is 0.867. The van der Waals surface area contributed by atoms with Gasteiger partial charge in [0, 0.05) is 33.1 Å². The molecule has 0 rings (SSSR count). The van der Waals surface area contributed by atoms with Crippen molar-refractivity contribution in [1.29, 1.82) is 0 Å². The van der Waals surface area contributed by atoms with Gasteiger partial charge in [0.1, 0.15) is 0 Å². The minimum absolute atomic E-state index is 0.0116. The van der Waals surface area contributed by atoms with E-state index in [1.165, 1.54) is 0 Å². The lowest BCUT2D eigenvalue weighted by Gasteiger charge is -2.28. The zero-order chi connectivity index (χ0) is 16.3. The Hall–Kier alpha value is -1.30. The molecule has 0 aliphatic carbocycles. The first kappa shape index (κ1) is 19.7. The summed E-state index contributed by atoms with van der Waals surface area (Å²) < 4.78 is 0. The number of carboxylic acid groups (broad SMARTS) is 1. The Balaban J connectivity index is 4.12. The third kappa shape index (κ3) is 8.55. The van der Waals surface area contributed by atoms with Crippen molar-refractivity contribution in [2.24, 2.45) is 0 Å². The summed E-state index contributed by atoms with van der Waals surface area (Å²) in [5.74, 6) is -0.817. The van der Waals surface area contributed by atoms with E-state index in [-0.39, 0.29) is 12.5 Å². The summed E-state index contributed by atoms with van der Waals surface area (Å²) in [5, 5.41) is 8.62. The summed E-state index contributed by atoms with van der Waals surface area (Å²) in [6.45, 7) is 11.2. The molecule has 0 aromatic heterocycles. The number of carbonyl (C=O) groups excluding carboxylic acids is 1. The molecule has 0 heterocycles. The molecule has 0 aromatic carbocycles. The fourth-order valence-electron chi connectivity index (χ4n) is 2.22. The second-order valence-electron chi connectivity index (χ2n) is 5.16. The Morgan fingerprint density at radius 2 is 1.52 bits per heavy atom. The summed E-state index contributed by atoms with van der Waals surface area (Å²) in [7, 11) is 1.73. The van der Waals surface area contributed by atoms with Crippen LogP contribution < -0.4 is 0 Å². The van der Waals surface area contributed by atoms with Gasteiger partial charge in [0.25, 0.3) is 0 Å². The van der Waals surface area contributed by atoms with Gasteiger partial charge >= 0.3 is 12.0 Å². The zero-order valence-electron chi connectivity index (χ0n) is 14.0. The first-order valence-electron chi connectivity index (χ1n) is 7.90. The lowest BCUT2D eigenvalue weighted by molar-refractivity contribution is -0.137. The Labute approximate surface area is 128 Å². The average Bonchev–Trinajstić information content (AvgIpc) is 2.46. The van der Waals surface area contributed by atoms with E-state index in [2.05, 4.69) is 18.7 Å². The van der Waals surface area contributed by atoms with E-state index in [1.807, 2.05) is 11.8 Å². The van der Waals surface area contributed by atoms with Gasteiger partial charge in [0.15, 0.2) is 0 Å². The van der Waals surface area contributed by atoms with Crippen molar-refractivity contribution < 1.29 is 14.7 Å². The van der Waals surface area contributed by atoms with Gasteiger partial charge in [-0.2, -0.15) is 0 Å². The smallest absolute Gasteiger partial charge is 0.319 e. The van der Waals surface area contributed by atoms with Gasteiger partial charge in [-0.05, 0) is 39.4 Å². The third-order valence-electron chi connectivity index (χ3n) is 3.66. The molecule has 0 aromatic rings. The molecule has 0 fully saturated rings. The largest absolute Gasteiger partial charge is 0.481 e. The van der Waals surface area contributed by atoms with E-state index < -0.39 is 5.97 Å². The highest BCUT2D eigenvalue weighted by molar-refractivity contribution is 5.74. The van der Waals surface area contributed by atoms with E-state index in [4.69, 9.17) is 5.11 Å². The number of carbonyl (C=O) groups is 2. The third-order valence-corrected chi connectivity index (χ3v) is 3.66. The molecule has 1 N–H and O–H groups in total. The molecule has 6 heteroatoms. The Morgan fingerprint density at radius 1 is 0.905 bits per heavy atom. The number of rotatable bonds is 11. The van der Waals surface area contributed by atoms with Gasteiger partial charge in [-0.25, -0.2) is 4.79 Å². The number of hydrogen-bond donors (Lipinski definition) is 1. The van der Waals surface area contributed by atoms with Crippen molar-refractivity contribution in [2.45, 2.75) is 40.0 Å². The lowest BCUT2D eigenvalue weighted by Crippen LogP contribution is -2.42. The van der Waals surface area contributed by atoms with Gasteiger partial charge < -0.3 is 19.8 Å². The maximum Gasteiger partial charge on any atom is 0.319 e. The molecule has 6 nitrogen and oxygen atoms in total. The quantitative estimate of drug-likeness (QED) is 0.633. The molecule has 0 aliphatic heterocycles. The average molecular weight is 301 g/mol. The number of hydrogen-bond acceptors (Lipinski definition) is 3.